The van der Waals surface area contributed by atoms with Crippen LogP contribution in [0.1, 0.15) is 48.5 Å². The van der Waals surface area contributed by atoms with E-state index in [1.165, 1.54) is 24.0 Å². The highest BCUT2D eigenvalue weighted by molar-refractivity contribution is 14.0. The molecule has 1 unspecified atom stereocenters. The summed E-state index contributed by atoms with van der Waals surface area (Å²) < 4.78 is 2.23. The molecule has 0 amide bonds. The maximum Gasteiger partial charge on any atom is 0.191 e. The van der Waals surface area contributed by atoms with E-state index in [1.54, 1.807) is 0 Å². The number of benzene rings is 2. The molecule has 2 aromatic carbocycles. The van der Waals surface area contributed by atoms with Crippen molar-refractivity contribution in [1.82, 2.24) is 25.4 Å². The van der Waals surface area contributed by atoms with Crippen LogP contribution < -0.4 is 10.6 Å². The van der Waals surface area contributed by atoms with E-state index in [-0.39, 0.29) is 24.0 Å². The van der Waals surface area contributed by atoms with E-state index in [9.17, 15) is 0 Å². The number of guanidine groups is 1. The quantitative estimate of drug-likeness (QED) is 0.252. The molecule has 0 bridgehead atoms. The molecule has 1 aliphatic rings. The normalized spacial score (nSPS) is 14.2. The van der Waals surface area contributed by atoms with E-state index >= 15 is 0 Å². The van der Waals surface area contributed by atoms with Gasteiger partial charge in [0, 0.05) is 32.0 Å². The summed E-state index contributed by atoms with van der Waals surface area (Å²) >= 11 is 0. The van der Waals surface area contributed by atoms with Crippen LogP contribution in [0.25, 0.3) is 0 Å². The number of hydrogen-bond donors (Lipinski definition) is 2. The number of halogens is 1. The topological polar surface area (TPSA) is 67.1 Å². The van der Waals surface area contributed by atoms with Crippen LogP contribution in [0.4, 0.5) is 0 Å². The number of nitrogens with one attached hydrogen (secondary N) is 2. The second kappa shape index (κ2) is 12.6. The summed E-state index contributed by atoms with van der Waals surface area (Å²) in [5, 5.41) is 15.7. The fourth-order valence-electron chi connectivity index (χ4n) is 4.13. The van der Waals surface area contributed by atoms with Crippen LogP contribution in [0.5, 0.6) is 0 Å². The van der Waals surface area contributed by atoms with Gasteiger partial charge in [-0.25, -0.2) is 4.99 Å². The average Bonchev–Trinajstić information content (AvgIpc) is 3.24. The lowest BCUT2D eigenvalue weighted by atomic mass is 9.92. The van der Waals surface area contributed by atoms with E-state index in [1.807, 2.05) is 0 Å². The molecule has 2 N–H and O–H groups in total. The number of rotatable bonds is 8. The molecule has 3 aromatic rings. The van der Waals surface area contributed by atoms with Gasteiger partial charge in [-0.05, 0) is 37.3 Å². The lowest BCUT2D eigenvalue weighted by Crippen LogP contribution is -2.39. The molecular weight excluding hydrogens is 511 g/mol. The van der Waals surface area contributed by atoms with Crippen molar-refractivity contribution in [2.24, 2.45) is 4.99 Å². The van der Waals surface area contributed by atoms with Crippen molar-refractivity contribution in [2.75, 3.05) is 13.1 Å². The molecule has 0 fully saturated rings. The third kappa shape index (κ3) is 6.54. The summed E-state index contributed by atoms with van der Waals surface area (Å²) in [6.45, 7) is 5.26. The Morgan fingerprint density at radius 3 is 2.50 bits per heavy atom. The number of aromatic nitrogens is 3. The molecule has 4 rings (SSSR count). The minimum Gasteiger partial charge on any atom is -0.357 e. The van der Waals surface area contributed by atoms with Crippen molar-refractivity contribution >= 4 is 29.9 Å². The highest BCUT2D eigenvalue weighted by Gasteiger charge is 2.16. The Balaban J connectivity index is 0.00000289. The molecular formula is C25H33IN6. The maximum absolute atomic E-state index is 4.81. The molecule has 0 aliphatic carbocycles. The summed E-state index contributed by atoms with van der Waals surface area (Å²) in [6.07, 6.45) is 4.40. The van der Waals surface area contributed by atoms with Crippen LogP contribution in [-0.4, -0.2) is 33.8 Å². The first-order valence-electron chi connectivity index (χ1n) is 11.4. The summed E-state index contributed by atoms with van der Waals surface area (Å²) in [5.41, 5.74) is 2.68. The van der Waals surface area contributed by atoms with Gasteiger partial charge in [0.05, 0.1) is 0 Å². The minimum atomic E-state index is 0. The highest BCUT2D eigenvalue weighted by Crippen LogP contribution is 2.20. The molecule has 0 radical (unpaired) electrons. The van der Waals surface area contributed by atoms with Crippen molar-refractivity contribution in [1.29, 1.82) is 0 Å². The Hall–Kier alpha value is -2.42. The lowest BCUT2D eigenvalue weighted by molar-refractivity contribution is 0.508. The molecule has 1 aromatic heterocycles. The number of aliphatic imine (C=N–C) groups is 1. The van der Waals surface area contributed by atoms with Crippen molar-refractivity contribution in [3.8, 4) is 0 Å². The first kappa shape index (κ1) is 24.2. The highest BCUT2D eigenvalue weighted by atomic mass is 127. The SMILES string of the molecule is CCNC(=NCc1nnc2n1CCCC2)NCC(Cc1ccccc1)c1ccccc1.I. The monoisotopic (exact) mass is 544 g/mol. The molecule has 2 heterocycles. The zero-order valence-corrected chi connectivity index (χ0v) is 21.0. The van der Waals surface area contributed by atoms with Crippen LogP contribution in [0.2, 0.25) is 0 Å². The zero-order chi connectivity index (χ0) is 21.3. The average molecular weight is 544 g/mol. The van der Waals surface area contributed by atoms with Crippen molar-refractivity contribution in [2.45, 2.75) is 51.6 Å². The van der Waals surface area contributed by atoms with Crippen molar-refractivity contribution in [3.05, 3.63) is 83.4 Å². The molecule has 32 heavy (non-hydrogen) atoms. The van der Waals surface area contributed by atoms with Gasteiger partial charge < -0.3 is 15.2 Å². The lowest BCUT2D eigenvalue weighted by Gasteiger charge is -2.20. The second-order valence-corrected chi connectivity index (χ2v) is 8.01. The maximum atomic E-state index is 4.81. The number of hydrogen-bond acceptors (Lipinski definition) is 3. The summed E-state index contributed by atoms with van der Waals surface area (Å²) in [6, 6.07) is 21.4. The van der Waals surface area contributed by atoms with Gasteiger partial charge in [-0.2, -0.15) is 0 Å². The number of nitrogens with zero attached hydrogens (tertiary/aromatic N) is 4. The van der Waals surface area contributed by atoms with Crippen LogP contribution >= 0.6 is 24.0 Å². The minimum absolute atomic E-state index is 0. The van der Waals surface area contributed by atoms with Gasteiger partial charge in [0.1, 0.15) is 12.4 Å². The predicted octanol–water partition coefficient (Wildman–Crippen LogP) is 4.31. The molecule has 0 saturated heterocycles. The fourth-order valence-corrected chi connectivity index (χ4v) is 4.13. The predicted molar refractivity (Wildman–Crippen MR) is 141 cm³/mol. The Morgan fingerprint density at radius 2 is 1.75 bits per heavy atom. The van der Waals surface area contributed by atoms with Gasteiger partial charge in [-0.15, -0.1) is 34.2 Å². The molecule has 1 atom stereocenters. The summed E-state index contributed by atoms with van der Waals surface area (Å²) in [7, 11) is 0. The van der Waals surface area contributed by atoms with E-state index in [0.717, 1.165) is 50.1 Å². The third-order valence-corrected chi connectivity index (χ3v) is 5.77. The van der Waals surface area contributed by atoms with Crippen LogP contribution in [0, 0.1) is 0 Å². The van der Waals surface area contributed by atoms with Gasteiger partial charge in [0.25, 0.3) is 0 Å². The molecule has 7 heteroatoms. The van der Waals surface area contributed by atoms with Gasteiger partial charge in [0.15, 0.2) is 11.8 Å². The summed E-state index contributed by atoms with van der Waals surface area (Å²) in [5.74, 6) is 3.23. The molecule has 0 spiro atoms. The largest absolute Gasteiger partial charge is 0.357 e. The zero-order valence-electron chi connectivity index (χ0n) is 18.7. The fraction of sp³-hybridized carbons (Fsp3) is 0.400. The van der Waals surface area contributed by atoms with Gasteiger partial charge >= 0.3 is 0 Å². The number of aryl methyl sites for hydroxylation is 1. The first-order valence-corrected chi connectivity index (χ1v) is 11.4. The van der Waals surface area contributed by atoms with E-state index < -0.39 is 0 Å². The molecule has 170 valence electrons. The van der Waals surface area contributed by atoms with Crippen LogP contribution in [-0.2, 0) is 25.9 Å². The van der Waals surface area contributed by atoms with Crippen LogP contribution in [0.15, 0.2) is 65.7 Å². The third-order valence-electron chi connectivity index (χ3n) is 5.77. The van der Waals surface area contributed by atoms with Crippen LogP contribution in [0.3, 0.4) is 0 Å². The first-order chi connectivity index (χ1) is 15.3. The molecule has 1 aliphatic heterocycles. The van der Waals surface area contributed by atoms with E-state index in [0.29, 0.717) is 12.5 Å². The Bertz CT molecular complexity index is 971. The Morgan fingerprint density at radius 1 is 1.00 bits per heavy atom. The van der Waals surface area contributed by atoms with Gasteiger partial charge in [-0.3, -0.25) is 0 Å². The summed E-state index contributed by atoms with van der Waals surface area (Å²) in [4.78, 5) is 4.81. The second-order valence-electron chi connectivity index (χ2n) is 8.01. The number of fused-ring (bicyclic) bond motifs is 1. The molecule has 0 saturated carbocycles. The van der Waals surface area contributed by atoms with Crippen molar-refractivity contribution in [3.63, 3.8) is 0 Å². The van der Waals surface area contributed by atoms with Gasteiger partial charge in [0.2, 0.25) is 0 Å². The standard InChI is InChI=1S/C25H32N6.HI/c1-2-26-25(28-19-24-30-29-23-15-9-10-16-31(23)24)27-18-22(21-13-7-4-8-14-21)17-20-11-5-3-6-12-20;/h3-8,11-14,22H,2,9-10,15-19H2,1H3,(H2,26,27,28);1H. The Kier molecular flexibility index (Phi) is 9.52. The van der Waals surface area contributed by atoms with E-state index in [4.69, 9.17) is 4.99 Å². The van der Waals surface area contributed by atoms with E-state index in [2.05, 4.69) is 93.0 Å². The Labute approximate surface area is 208 Å². The van der Waals surface area contributed by atoms with Gasteiger partial charge in [-0.1, -0.05) is 60.7 Å². The molecule has 6 nitrogen and oxygen atoms in total. The van der Waals surface area contributed by atoms with Crippen molar-refractivity contribution < 1.29 is 0 Å². The smallest absolute Gasteiger partial charge is 0.191 e.